The van der Waals surface area contributed by atoms with E-state index in [4.69, 9.17) is 9.47 Å². The number of carbonyl (C=O) groups is 2. The molecule has 1 saturated carbocycles. The van der Waals surface area contributed by atoms with E-state index in [1.54, 1.807) is 0 Å². The van der Waals surface area contributed by atoms with Crippen molar-refractivity contribution in [3.8, 4) is 0 Å². The van der Waals surface area contributed by atoms with Gasteiger partial charge in [-0.05, 0) is 50.0 Å². The number of hydrogen-bond donors (Lipinski definition) is 0. The predicted octanol–water partition coefficient (Wildman–Crippen LogP) is 2.52. The highest BCUT2D eigenvalue weighted by molar-refractivity contribution is 5.90. The van der Waals surface area contributed by atoms with E-state index in [0.29, 0.717) is 56.7 Å². The molecule has 0 radical (unpaired) electrons. The molecule has 5 fully saturated rings. The normalized spacial score (nSPS) is 32.0. The van der Waals surface area contributed by atoms with Gasteiger partial charge in [0.15, 0.2) is 5.79 Å². The van der Waals surface area contributed by atoms with Crippen LogP contribution in [0.2, 0.25) is 0 Å². The van der Waals surface area contributed by atoms with Gasteiger partial charge >= 0.3 is 0 Å². The van der Waals surface area contributed by atoms with Crippen LogP contribution in [0.1, 0.15) is 59.8 Å². The van der Waals surface area contributed by atoms with Crippen LogP contribution in [0.3, 0.4) is 0 Å². The van der Waals surface area contributed by atoms with E-state index in [0.717, 1.165) is 44.6 Å². The molecule has 0 aromatic rings. The second-order valence-corrected chi connectivity index (χ2v) is 13.5. The van der Waals surface area contributed by atoms with Gasteiger partial charge in [-0.2, -0.15) is 0 Å². The van der Waals surface area contributed by atoms with Gasteiger partial charge in [0, 0.05) is 64.6 Å². The van der Waals surface area contributed by atoms with Crippen molar-refractivity contribution in [1.82, 2.24) is 19.6 Å². The largest absolute Gasteiger partial charge is 0.349 e. The summed E-state index contributed by atoms with van der Waals surface area (Å²) in [4.78, 5) is 36.1. The zero-order chi connectivity index (χ0) is 26.3. The summed E-state index contributed by atoms with van der Waals surface area (Å²) in [6, 6.07) is -0.515. The lowest BCUT2D eigenvalue weighted by molar-refractivity contribution is -0.298. The van der Waals surface area contributed by atoms with Gasteiger partial charge in [-0.15, -0.1) is 0 Å². The Hall–Kier alpha value is -1.22. The smallest absolute Gasteiger partial charge is 0.245 e. The van der Waals surface area contributed by atoms with Crippen LogP contribution in [0.5, 0.6) is 0 Å². The van der Waals surface area contributed by atoms with Crippen LogP contribution in [-0.4, -0.2) is 115 Å². The molecule has 8 nitrogen and oxygen atoms in total. The molecule has 5 rings (SSSR count). The van der Waals surface area contributed by atoms with Crippen molar-refractivity contribution in [3.05, 3.63) is 0 Å². The molecule has 1 aliphatic carbocycles. The molecular weight excluding hydrogens is 468 g/mol. The summed E-state index contributed by atoms with van der Waals surface area (Å²) in [6.45, 7) is 16.4. The molecule has 4 saturated heterocycles. The summed E-state index contributed by atoms with van der Waals surface area (Å²) in [7, 11) is 2.04. The van der Waals surface area contributed by atoms with E-state index in [2.05, 4.69) is 37.5 Å². The molecule has 4 atom stereocenters. The van der Waals surface area contributed by atoms with Crippen LogP contribution in [-0.2, 0) is 19.1 Å². The van der Waals surface area contributed by atoms with Crippen molar-refractivity contribution in [2.75, 3.05) is 66.1 Å². The Labute approximate surface area is 224 Å². The summed E-state index contributed by atoms with van der Waals surface area (Å²) >= 11 is 0. The number of fused-ring (bicyclic) bond motifs is 1. The van der Waals surface area contributed by atoms with Crippen molar-refractivity contribution in [3.63, 3.8) is 0 Å². The van der Waals surface area contributed by atoms with Gasteiger partial charge in [-0.25, -0.2) is 0 Å². The molecule has 8 heteroatoms. The van der Waals surface area contributed by atoms with E-state index in [9.17, 15) is 9.59 Å². The number of rotatable bonds is 8. The number of hydrogen-bond acceptors (Lipinski definition) is 6. The maximum Gasteiger partial charge on any atom is 0.245 e. The Morgan fingerprint density at radius 2 is 1.62 bits per heavy atom. The van der Waals surface area contributed by atoms with E-state index in [1.807, 2.05) is 16.8 Å². The first-order valence-corrected chi connectivity index (χ1v) is 14.9. The Balaban J connectivity index is 1.15. The summed E-state index contributed by atoms with van der Waals surface area (Å²) in [5.41, 5.74) is 0. The van der Waals surface area contributed by atoms with Crippen LogP contribution in [0.4, 0.5) is 0 Å². The minimum Gasteiger partial charge on any atom is -0.349 e. The standard InChI is InChI=1S/C29H50N4O4/c1-20(2)12-25-28(35)33(11-10-30(25)5)26(13-21(3)4)27(34)32-8-6-29(7-9-32)36-18-22(19-37-29)15-31-16-23-14-24(23)17-31/h20-26H,6-19H2,1-5H3/t23?,24?,25-,26-/m0/s1. The Morgan fingerprint density at radius 3 is 2.22 bits per heavy atom. The number of likely N-dealkylation sites (tertiary alicyclic amines) is 2. The fraction of sp³-hybridized carbons (Fsp3) is 0.931. The number of nitrogens with zero attached hydrogens (tertiary/aromatic N) is 4. The number of carbonyl (C=O) groups excluding carboxylic acids is 2. The third-order valence-electron chi connectivity index (χ3n) is 9.42. The predicted molar refractivity (Wildman–Crippen MR) is 143 cm³/mol. The molecule has 37 heavy (non-hydrogen) atoms. The lowest BCUT2D eigenvalue weighted by Gasteiger charge is -2.47. The monoisotopic (exact) mass is 518 g/mol. The highest BCUT2D eigenvalue weighted by atomic mass is 16.7. The second kappa shape index (κ2) is 11.1. The van der Waals surface area contributed by atoms with Gasteiger partial charge in [0.1, 0.15) is 6.04 Å². The molecule has 5 aliphatic rings. The first-order chi connectivity index (χ1) is 17.6. The average molecular weight is 519 g/mol. The van der Waals surface area contributed by atoms with Crippen molar-refractivity contribution < 1.29 is 19.1 Å². The zero-order valence-corrected chi connectivity index (χ0v) is 23.9. The van der Waals surface area contributed by atoms with E-state index >= 15 is 0 Å². The molecule has 2 amide bonds. The number of ether oxygens (including phenoxy) is 2. The third-order valence-corrected chi connectivity index (χ3v) is 9.42. The van der Waals surface area contributed by atoms with Gasteiger partial charge in [0.2, 0.25) is 11.8 Å². The van der Waals surface area contributed by atoms with Crippen LogP contribution in [0.25, 0.3) is 0 Å². The molecular formula is C29H50N4O4. The Morgan fingerprint density at radius 1 is 0.973 bits per heavy atom. The molecule has 0 bridgehead atoms. The van der Waals surface area contributed by atoms with Crippen LogP contribution < -0.4 is 0 Å². The molecule has 1 spiro atoms. The summed E-state index contributed by atoms with van der Waals surface area (Å²) in [5, 5.41) is 0. The van der Waals surface area contributed by atoms with Gasteiger partial charge in [-0.3, -0.25) is 14.5 Å². The molecule has 4 heterocycles. The zero-order valence-electron chi connectivity index (χ0n) is 23.9. The number of likely N-dealkylation sites (N-methyl/N-ethyl adjacent to an activating group) is 1. The van der Waals surface area contributed by atoms with Crippen molar-refractivity contribution in [1.29, 1.82) is 0 Å². The molecule has 0 aromatic carbocycles. The van der Waals surface area contributed by atoms with Crippen LogP contribution >= 0.6 is 0 Å². The minimum atomic E-state index is -0.542. The fourth-order valence-electron chi connectivity index (χ4n) is 7.07. The Kier molecular flexibility index (Phi) is 8.21. The van der Waals surface area contributed by atoms with E-state index < -0.39 is 5.79 Å². The minimum absolute atomic E-state index is 0.103. The topological polar surface area (TPSA) is 65.6 Å². The Bertz CT molecular complexity index is 807. The highest BCUT2D eigenvalue weighted by Crippen LogP contribution is 2.45. The van der Waals surface area contributed by atoms with Crippen LogP contribution in [0.15, 0.2) is 0 Å². The number of amides is 2. The molecule has 4 aliphatic heterocycles. The molecule has 0 N–H and O–H groups in total. The van der Waals surface area contributed by atoms with Gasteiger partial charge in [0.05, 0.1) is 19.3 Å². The summed E-state index contributed by atoms with van der Waals surface area (Å²) in [6.07, 6.45) is 4.39. The van der Waals surface area contributed by atoms with Crippen molar-refractivity contribution >= 4 is 11.8 Å². The first kappa shape index (κ1) is 27.4. The first-order valence-electron chi connectivity index (χ1n) is 14.9. The molecule has 2 unspecified atom stereocenters. The lowest BCUT2D eigenvalue weighted by atomic mass is 9.94. The number of piperidine rings is 2. The van der Waals surface area contributed by atoms with Crippen molar-refractivity contribution in [2.24, 2.45) is 29.6 Å². The average Bonchev–Trinajstić information content (AvgIpc) is 3.47. The number of piperazine rings is 1. The maximum absolute atomic E-state index is 13.9. The van der Waals surface area contributed by atoms with E-state index in [-0.39, 0.29) is 23.9 Å². The summed E-state index contributed by atoms with van der Waals surface area (Å²) < 4.78 is 12.7. The van der Waals surface area contributed by atoms with Gasteiger partial charge < -0.3 is 24.2 Å². The summed E-state index contributed by atoms with van der Waals surface area (Å²) in [5.74, 6) is 2.82. The fourth-order valence-corrected chi connectivity index (χ4v) is 7.07. The molecule has 210 valence electrons. The lowest BCUT2D eigenvalue weighted by Crippen LogP contribution is -2.63. The SMILES string of the molecule is CC(C)C[C@H]1C(=O)N([C@@H](CC(C)C)C(=O)N2CCC3(CC2)OCC(CN2CC4CC4C2)CO3)CCN1C. The quantitative estimate of drug-likeness (QED) is 0.492. The second-order valence-electron chi connectivity index (χ2n) is 13.5. The third kappa shape index (κ3) is 6.18. The van der Waals surface area contributed by atoms with Gasteiger partial charge in [0.25, 0.3) is 0 Å². The van der Waals surface area contributed by atoms with E-state index in [1.165, 1.54) is 19.5 Å². The highest BCUT2D eigenvalue weighted by Gasteiger charge is 2.47. The van der Waals surface area contributed by atoms with Crippen LogP contribution in [0, 0.1) is 29.6 Å². The van der Waals surface area contributed by atoms with Gasteiger partial charge in [-0.1, -0.05) is 27.7 Å². The van der Waals surface area contributed by atoms with Crippen molar-refractivity contribution in [2.45, 2.75) is 77.7 Å². The molecule has 0 aromatic heterocycles. The maximum atomic E-state index is 13.9.